The lowest BCUT2D eigenvalue weighted by molar-refractivity contribution is -0.137. The number of fused-ring (bicyclic) bond motifs is 1. The van der Waals surface area contributed by atoms with Gasteiger partial charge in [-0.2, -0.15) is 0 Å². The summed E-state index contributed by atoms with van der Waals surface area (Å²) in [6.07, 6.45) is 2.50. The van der Waals surface area contributed by atoms with Crippen molar-refractivity contribution in [1.82, 2.24) is 4.40 Å². The molecule has 0 radical (unpaired) electrons. The summed E-state index contributed by atoms with van der Waals surface area (Å²) in [5.41, 5.74) is 0.453. The van der Waals surface area contributed by atoms with E-state index in [-0.39, 0.29) is 34.3 Å². The average molecular weight is 435 g/mol. The molecule has 0 N–H and O–H groups in total. The second kappa shape index (κ2) is 10.5. The van der Waals surface area contributed by atoms with Gasteiger partial charge in [-0.15, -0.1) is 0 Å². The SMILES string of the molecule is CCOC(=O)c1c(S/C(=C/C(=O)OC)C(=O)OC)c(C(=O)OCC)n2ccccc12. The third kappa shape index (κ3) is 4.82. The number of carbonyl (C=O) groups excluding carboxylic acids is 4. The van der Waals surface area contributed by atoms with Crippen LogP contribution < -0.4 is 0 Å². The van der Waals surface area contributed by atoms with Crippen molar-refractivity contribution in [2.45, 2.75) is 18.7 Å². The lowest BCUT2D eigenvalue weighted by Gasteiger charge is -2.09. The Bertz CT molecular complexity index is 953. The highest BCUT2D eigenvalue weighted by Crippen LogP contribution is 2.38. The van der Waals surface area contributed by atoms with Gasteiger partial charge in [0.2, 0.25) is 0 Å². The zero-order valence-electron chi connectivity index (χ0n) is 16.9. The molecule has 0 saturated heterocycles. The molecule has 0 atom stereocenters. The number of nitrogens with zero attached hydrogens (tertiary/aromatic N) is 1. The van der Waals surface area contributed by atoms with Gasteiger partial charge in [0.25, 0.3) is 0 Å². The Kier molecular flexibility index (Phi) is 8.05. The third-order valence-corrected chi connectivity index (χ3v) is 4.90. The number of esters is 4. The highest BCUT2D eigenvalue weighted by atomic mass is 32.2. The Hall–Kier alpha value is -3.27. The molecule has 2 rings (SSSR count). The number of carbonyl (C=O) groups is 4. The van der Waals surface area contributed by atoms with E-state index in [0.717, 1.165) is 20.3 Å². The molecule has 0 spiro atoms. The maximum Gasteiger partial charge on any atom is 0.356 e. The van der Waals surface area contributed by atoms with Gasteiger partial charge in [0.1, 0.15) is 10.6 Å². The average Bonchev–Trinajstić information content (AvgIpc) is 3.06. The molecule has 9 nitrogen and oxygen atoms in total. The van der Waals surface area contributed by atoms with Crippen LogP contribution in [0.1, 0.15) is 34.7 Å². The summed E-state index contributed by atoms with van der Waals surface area (Å²) in [4.78, 5) is 49.4. The monoisotopic (exact) mass is 435 g/mol. The summed E-state index contributed by atoms with van der Waals surface area (Å²) in [5.74, 6) is -3.05. The maximum absolute atomic E-state index is 12.7. The van der Waals surface area contributed by atoms with Crippen LogP contribution in [0.2, 0.25) is 0 Å². The first-order chi connectivity index (χ1) is 14.4. The Balaban J connectivity index is 2.80. The van der Waals surface area contributed by atoms with E-state index < -0.39 is 23.9 Å². The number of rotatable bonds is 8. The Morgan fingerprint density at radius 3 is 2.27 bits per heavy atom. The molecule has 0 aromatic carbocycles. The van der Waals surface area contributed by atoms with Crippen LogP contribution in [0.15, 0.2) is 40.3 Å². The lowest BCUT2D eigenvalue weighted by Crippen LogP contribution is -2.11. The van der Waals surface area contributed by atoms with Crippen molar-refractivity contribution in [3.05, 3.63) is 46.6 Å². The van der Waals surface area contributed by atoms with Crippen molar-refractivity contribution in [3.63, 3.8) is 0 Å². The Labute approximate surface area is 176 Å². The lowest BCUT2D eigenvalue weighted by atomic mass is 10.2. The molecule has 0 aliphatic carbocycles. The molecule has 0 aliphatic rings. The van der Waals surface area contributed by atoms with E-state index in [9.17, 15) is 19.2 Å². The second-order valence-electron chi connectivity index (χ2n) is 5.57. The summed E-state index contributed by atoms with van der Waals surface area (Å²) in [5, 5.41) is 0. The van der Waals surface area contributed by atoms with Crippen molar-refractivity contribution < 1.29 is 38.1 Å². The van der Waals surface area contributed by atoms with Crippen molar-refractivity contribution in [2.75, 3.05) is 27.4 Å². The molecule has 0 amide bonds. The quantitative estimate of drug-likeness (QED) is 0.267. The van der Waals surface area contributed by atoms with E-state index in [1.807, 2.05) is 0 Å². The van der Waals surface area contributed by atoms with E-state index in [1.54, 1.807) is 38.2 Å². The fourth-order valence-corrected chi connectivity index (χ4v) is 3.69. The van der Waals surface area contributed by atoms with Gasteiger partial charge in [-0.25, -0.2) is 19.2 Å². The highest BCUT2D eigenvalue weighted by molar-refractivity contribution is 8.04. The Morgan fingerprint density at radius 2 is 1.67 bits per heavy atom. The van der Waals surface area contributed by atoms with Crippen LogP contribution in [0.4, 0.5) is 0 Å². The van der Waals surface area contributed by atoms with Gasteiger partial charge in [-0.1, -0.05) is 17.8 Å². The molecular formula is C20H21NO8S. The van der Waals surface area contributed by atoms with Crippen LogP contribution >= 0.6 is 11.8 Å². The van der Waals surface area contributed by atoms with Gasteiger partial charge in [-0.3, -0.25) is 0 Å². The zero-order chi connectivity index (χ0) is 22.3. The summed E-state index contributed by atoms with van der Waals surface area (Å²) in [6.45, 7) is 3.49. The van der Waals surface area contributed by atoms with Crippen LogP contribution in [0, 0.1) is 0 Å². The highest BCUT2D eigenvalue weighted by Gasteiger charge is 2.31. The van der Waals surface area contributed by atoms with E-state index in [2.05, 4.69) is 4.74 Å². The molecule has 2 aromatic rings. The number of methoxy groups -OCH3 is 2. The molecule has 0 saturated carbocycles. The first kappa shape index (κ1) is 23.0. The molecule has 0 bridgehead atoms. The fourth-order valence-electron chi connectivity index (χ4n) is 2.58. The number of pyridine rings is 1. The summed E-state index contributed by atoms with van der Waals surface area (Å²) >= 11 is 0.716. The van der Waals surface area contributed by atoms with E-state index in [1.165, 1.54) is 4.40 Å². The molecule has 2 heterocycles. The molecule has 0 unspecified atom stereocenters. The summed E-state index contributed by atoms with van der Waals surface area (Å²) < 4.78 is 21.1. The van der Waals surface area contributed by atoms with Gasteiger partial charge in [-0.05, 0) is 26.0 Å². The fraction of sp³-hybridized carbons (Fsp3) is 0.300. The van der Waals surface area contributed by atoms with E-state index in [0.29, 0.717) is 17.3 Å². The number of aromatic nitrogens is 1. The van der Waals surface area contributed by atoms with Gasteiger partial charge < -0.3 is 23.3 Å². The van der Waals surface area contributed by atoms with Crippen LogP contribution in [0.3, 0.4) is 0 Å². The molecule has 160 valence electrons. The minimum absolute atomic E-state index is 0.0140. The predicted molar refractivity (Wildman–Crippen MR) is 107 cm³/mol. The Morgan fingerprint density at radius 1 is 1.00 bits per heavy atom. The van der Waals surface area contributed by atoms with E-state index >= 15 is 0 Å². The minimum atomic E-state index is -0.842. The predicted octanol–water partition coefficient (Wildman–Crippen LogP) is 2.61. The first-order valence-electron chi connectivity index (χ1n) is 8.92. The molecule has 2 aromatic heterocycles. The topological polar surface area (TPSA) is 110 Å². The minimum Gasteiger partial charge on any atom is -0.466 e. The molecule has 0 aliphatic heterocycles. The van der Waals surface area contributed by atoms with Crippen molar-refractivity contribution in [2.24, 2.45) is 0 Å². The van der Waals surface area contributed by atoms with Crippen LogP contribution in [-0.4, -0.2) is 55.7 Å². The second-order valence-corrected chi connectivity index (χ2v) is 6.63. The van der Waals surface area contributed by atoms with Gasteiger partial charge >= 0.3 is 23.9 Å². The van der Waals surface area contributed by atoms with Gasteiger partial charge in [0, 0.05) is 12.3 Å². The van der Waals surface area contributed by atoms with Gasteiger partial charge in [0.15, 0.2) is 0 Å². The van der Waals surface area contributed by atoms with Crippen LogP contribution in [0.25, 0.3) is 5.52 Å². The number of thioether (sulfide) groups is 1. The van der Waals surface area contributed by atoms with Crippen molar-refractivity contribution in [3.8, 4) is 0 Å². The molecule has 0 fully saturated rings. The standard InChI is InChI=1S/C20H21NO8S/c1-5-28-19(24)15-12-9-7-8-10-21(12)16(20(25)29-6-2)17(15)30-13(18(23)27-4)11-14(22)26-3/h7-11H,5-6H2,1-4H3/b13-11+. The van der Waals surface area contributed by atoms with E-state index in [4.69, 9.17) is 14.2 Å². The number of ether oxygens (including phenoxy) is 4. The van der Waals surface area contributed by atoms with Crippen molar-refractivity contribution >= 4 is 41.2 Å². The van der Waals surface area contributed by atoms with Gasteiger partial charge in [0.05, 0.1) is 43.4 Å². The normalized spacial score (nSPS) is 11.1. The van der Waals surface area contributed by atoms with Crippen molar-refractivity contribution in [1.29, 1.82) is 0 Å². The zero-order valence-corrected chi connectivity index (χ0v) is 17.7. The summed E-state index contributed by atoms with van der Waals surface area (Å²) in [7, 11) is 2.29. The van der Waals surface area contributed by atoms with Crippen LogP contribution in [0.5, 0.6) is 0 Å². The third-order valence-electron chi connectivity index (χ3n) is 3.80. The van der Waals surface area contributed by atoms with Crippen LogP contribution in [-0.2, 0) is 28.5 Å². The largest absolute Gasteiger partial charge is 0.466 e. The summed E-state index contributed by atoms with van der Waals surface area (Å²) in [6, 6.07) is 4.98. The molecule has 30 heavy (non-hydrogen) atoms. The molecule has 10 heteroatoms. The maximum atomic E-state index is 12.7. The number of hydrogen-bond donors (Lipinski definition) is 0. The number of hydrogen-bond acceptors (Lipinski definition) is 9. The smallest absolute Gasteiger partial charge is 0.356 e. The molecular weight excluding hydrogens is 414 g/mol. The first-order valence-corrected chi connectivity index (χ1v) is 9.74.